The Morgan fingerprint density at radius 2 is 2.00 bits per heavy atom. The number of nitrogens with zero attached hydrogens (tertiary/aromatic N) is 1. The lowest BCUT2D eigenvalue weighted by atomic mass is 9.98. The third-order valence-electron chi connectivity index (χ3n) is 3.48. The number of halogens is 1. The Bertz CT molecular complexity index is 616. The van der Waals surface area contributed by atoms with Gasteiger partial charge in [-0.05, 0) is 18.9 Å². The molecule has 108 valence electrons. The molecule has 2 N–H and O–H groups in total. The first-order valence-corrected chi connectivity index (χ1v) is 6.99. The molecule has 20 heavy (non-hydrogen) atoms. The Morgan fingerprint density at radius 3 is 2.55 bits per heavy atom. The quantitative estimate of drug-likeness (QED) is 0.836. The number of rotatable bonds is 6. The van der Waals surface area contributed by atoms with E-state index in [1.165, 1.54) is 12.1 Å². The van der Waals surface area contributed by atoms with Crippen LogP contribution in [0.3, 0.4) is 0 Å². The van der Waals surface area contributed by atoms with Crippen molar-refractivity contribution in [1.29, 1.82) is 0 Å². The molecule has 2 rings (SSSR count). The SMILES string of the molecule is CCCC(CCC)c1nc2cc(C(=O)O)c(F)cc2[nH]1. The van der Waals surface area contributed by atoms with Crippen LogP contribution in [0.2, 0.25) is 0 Å². The predicted octanol–water partition coefficient (Wildman–Crippen LogP) is 4.08. The molecular formula is C15H19FN2O2. The Hall–Kier alpha value is -1.91. The number of carboxylic acid groups (broad SMARTS) is 1. The maximum absolute atomic E-state index is 13.6. The highest BCUT2D eigenvalue weighted by molar-refractivity contribution is 5.92. The topological polar surface area (TPSA) is 66.0 Å². The lowest BCUT2D eigenvalue weighted by Crippen LogP contribution is -2.00. The maximum atomic E-state index is 13.6. The van der Waals surface area contributed by atoms with Crippen molar-refractivity contribution in [3.05, 3.63) is 29.3 Å². The molecule has 0 aliphatic rings. The van der Waals surface area contributed by atoms with Crippen molar-refractivity contribution in [1.82, 2.24) is 9.97 Å². The standard InChI is InChI=1S/C15H19FN2O2/c1-3-5-9(6-4-2)14-17-12-7-10(15(19)20)11(16)8-13(12)18-14/h7-9H,3-6H2,1-2H3,(H,17,18)(H,19,20). The van der Waals surface area contributed by atoms with Gasteiger partial charge < -0.3 is 10.1 Å². The van der Waals surface area contributed by atoms with E-state index in [4.69, 9.17) is 5.11 Å². The van der Waals surface area contributed by atoms with Crippen LogP contribution in [0.25, 0.3) is 11.0 Å². The number of carbonyl (C=O) groups is 1. The third kappa shape index (κ3) is 2.81. The fourth-order valence-electron chi connectivity index (χ4n) is 2.52. The van der Waals surface area contributed by atoms with E-state index in [9.17, 15) is 9.18 Å². The van der Waals surface area contributed by atoms with Gasteiger partial charge >= 0.3 is 5.97 Å². The Morgan fingerprint density at radius 1 is 1.35 bits per heavy atom. The second-order valence-electron chi connectivity index (χ2n) is 5.05. The van der Waals surface area contributed by atoms with Crippen molar-refractivity contribution in [2.75, 3.05) is 0 Å². The molecule has 0 unspecified atom stereocenters. The zero-order chi connectivity index (χ0) is 14.7. The van der Waals surface area contributed by atoms with Gasteiger partial charge in [-0.3, -0.25) is 0 Å². The third-order valence-corrected chi connectivity index (χ3v) is 3.48. The lowest BCUT2D eigenvalue weighted by molar-refractivity contribution is 0.0692. The fourth-order valence-corrected chi connectivity index (χ4v) is 2.52. The van der Waals surface area contributed by atoms with Gasteiger partial charge in [0.05, 0.1) is 16.6 Å². The minimum atomic E-state index is -1.27. The van der Waals surface area contributed by atoms with Gasteiger partial charge in [0, 0.05) is 12.0 Å². The van der Waals surface area contributed by atoms with Gasteiger partial charge in [0.25, 0.3) is 0 Å². The second kappa shape index (κ2) is 6.03. The number of aromatic nitrogens is 2. The number of fused-ring (bicyclic) bond motifs is 1. The first kappa shape index (κ1) is 14.5. The van der Waals surface area contributed by atoms with Gasteiger partial charge in [-0.15, -0.1) is 0 Å². The van der Waals surface area contributed by atoms with Gasteiger partial charge in [0.15, 0.2) is 0 Å². The maximum Gasteiger partial charge on any atom is 0.338 e. The van der Waals surface area contributed by atoms with Crippen molar-refractivity contribution in [3.63, 3.8) is 0 Å². The second-order valence-corrected chi connectivity index (χ2v) is 5.05. The molecule has 0 saturated carbocycles. The summed E-state index contributed by atoms with van der Waals surface area (Å²) in [4.78, 5) is 18.5. The summed E-state index contributed by atoms with van der Waals surface area (Å²) in [6.45, 7) is 4.24. The summed E-state index contributed by atoms with van der Waals surface area (Å²) in [7, 11) is 0. The van der Waals surface area contributed by atoms with E-state index in [2.05, 4.69) is 23.8 Å². The number of aromatic carboxylic acids is 1. The Kier molecular flexibility index (Phi) is 4.37. The molecule has 1 heterocycles. The number of aromatic amines is 1. The van der Waals surface area contributed by atoms with Crippen molar-refractivity contribution in [2.45, 2.75) is 45.4 Å². The summed E-state index contributed by atoms with van der Waals surface area (Å²) in [5.74, 6) is -0.866. The minimum absolute atomic E-state index is 0.314. The zero-order valence-electron chi connectivity index (χ0n) is 11.7. The highest BCUT2D eigenvalue weighted by atomic mass is 19.1. The molecule has 0 spiro atoms. The molecule has 4 nitrogen and oxygen atoms in total. The molecule has 1 aromatic heterocycles. The number of nitrogens with one attached hydrogen (secondary N) is 1. The first-order valence-electron chi connectivity index (χ1n) is 6.99. The van der Waals surface area contributed by atoms with Crippen LogP contribution in [0.15, 0.2) is 12.1 Å². The number of carboxylic acids is 1. The number of imidazole rings is 1. The van der Waals surface area contributed by atoms with E-state index in [0.717, 1.165) is 31.5 Å². The van der Waals surface area contributed by atoms with Gasteiger partial charge in [-0.2, -0.15) is 0 Å². The zero-order valence-corrected chi connectivity index (χ0v) is 11.7. The molecule has 2 aromatic rings. The summed E-state index contributed by atoms with van der Waals surface area (Å²) >= 11 is 0. The van der Waals surface area contributed by atoms with E-state index in [-0.39, 0.29) is 5.56 Å². The molecule has 0 aliphatic carbocycles. The largest absolute Gasteiger partial charge is 0.478 e. The van der Waals surface area contributed by atoms with E-state index in [1.54, 1.807) is 0 Å². The number of H-pyrrole nitrogens is 1. The number of hydrogen-bond acceptors (Lipinski definition) is 2. The molecule has 0 bridgehead atoms. The Labute approximate surface area is 117 Å². The molecule has 0 aliphatic heterocycles. The predicted molar refractivity (Wildman–Crippen MR) is 75.6 cm³/mol. The molecular weight excluding hydrogens is 259 g/mol. The highest BCUT2D eigenvalue weighted by Gasteiger charge is 2.17. The van der Waals surface area contributed by atoms with Crippen molar-refractivity contribution in [3.8, 4) is 0 Å². The Balaban J connectivity index is 2.44. The van der Waals surface area contributed by atoms with Crippen molar-refractivity contribution < 1.29 is 14.3 Å². The summed E-state index contributed by atoms with van der Waals surface area (Å²) in [5, 5.41) is 8.93. The smallest absolute Gasteiger partial charge is 0.338 e. The molecule has 0 radical (unpaired) electrons. The monoisotopic (exact) mass is 278 g/mol. The van der Waals surface area contributed by atoms with Gasteiger partial charge in [0.1, 0.15) is 11.6 Å². The van der Waals surface area contributed by atoms with Crippen LogP contribution < -0.4 is 0 Å². The molecule has 1 aromatic carbocycles. The average molecular weight is 278 g/mol. The average Bonchev–Trinajstić information content (AvgIpc) is 2.79. The van der Waals surface area contributed by atoms with E-state index in [0.29, 0.717) is 17.0 Å². The molecule has 0 saturated heterocycles. The van der Waals surface area contributed by atoms with Crippen molar-refractivity contribution in [2.24, 2.45) is 0 Å². The number of hydrogen-bond donors (Lipinski definition) is 2. The van der Waals surface area contributed by atoms with Crippen LogP contribution >= 0.6 is 0 Å². The number of benzene rings is 1. The van der Waals surface area contributed by atoms with Gasteiger partial charge in [-0.25, -0.2) is 14.2 Å². The molecule has 0 fully saturated rings. The molecule has 5 heteroatoms. The van der Waals surface area contributed by atoms with Crippen LogP contribution in [0.5, 0.6) is 0 Å². The minimum Gasteiger partial charge on any atom is -0.478 e. The highest BCUT2D eigenvalue weighted by Crippen LogP contribution is 2.27. The van der Waals surface area contributed by atoms with Crippen LogP contribution in [0.4, 0.5) is 4.39 Å². The molecule has 0 atom stereocenters. The fraction of sp³-hybridized carbons (Fsp3) is 0.467. The summed E-state index contributed by atoms with van der Waals surface area (Å²) < 4.78 is 13.6. The normalized spacial score (nSPS) is 11.4. The van der Waals surface area contributed by atoms with E-state index < -0.39 is 11.8 Å². The summed E-state index contributed by atoms with van der Waals surface area (Å²) in [5.41, 5.74) is 0.730. The van der Waals surface area contributed by atoms with Gasteiger partial charge in [0.2, 0.25) is 0 Å². The van der Waals surface area contributed by atoms with Crippen LogP contribution in [-0.4, -0.2) is 21.0 Å². The van der Waals surface area contributed by atoms with Crippen LogP contribution in [0, 0.1) is 5.82 Å². The first-order chi connectivity index (χ1) is 9.56. The van der Waals surface area contributed by atoms with E-state index >= 15 is 0 Å². The lowest BCUT2D eigenvalue weighted by Gasteiger charge is -2.11. The van der Waals surface area contributed by atoms with Gasteiger partial charge in [-0.1, -0.05) is 26.7 Å². The van der Waals surface area contributed by atoms with Crippen molar-refractivity contribution >= 4 is 17.0 Å². The molecule has 0 amide bonds. The van der Waals surface area contributed by atoms with E-state index in [1.807, 2.05) is 0 Å². The summed E-state index contributed by atoms with van der Waals surface area (Å²) in [6.07, 6.45) is 4.14. The van der Waals surface area contributed by atoms with Crippen LogP contribution in [-0.2, 0) is 0 Å². The summed E-state index contributed by atoms with van der Waals surface area (Å²) in [6, 6.07) is 2.51. The van der Waals surface area contributed by atoms with Crippen LogP contribution in [0.1, 0.15) is 61.6 Å².